The molecule has 1 heterocycles. The highest BCUT2D eigenvalue weighted by atomic mass is 16.6. The fourth-order valence-corrected chi connectivity index (χ4v) is 7.27. The van der Waals surface area contributed by atoms with Crippen molar-refractivity contribution in [2.45, 2.75) is 69.2 Å². The molecule has 3 nitrogen and oxygen atoms in total. The molecule has 1 spiro atoms. The topological polar surface area (TPSA) is 35.5 Å². The third-order valence-corrected chi connectivity index (χ3v) is 8.19. The fourth-order valence-electron chi connectivity index (χ4n) is 7.27. The Hall–Kier alpha value is -0.830. The Morgan fingerprint density at radius 1 is 1.09 bits per heavy atom. The maximum atomic E-state index is 12.7. The lowest BCUT2D eigenvalue weighted by atomic mass is 9.77. The predicted octanol–water partition coefficient (Wildman–Crippen LogP) is 3.48. The van der Waals surface area contributed by atoms with Crippen LogP contribution in [0, 0.1) is 35.5 Å². The summed E-state index contributed by atoms with van der Waals surface area (Å²) in [6.07, 6.45) is 14.6. The Bertz CT molecular complexity index is 575. The van der Waals surface area contributed by atoms with Crippen molar-refractivity contribution in [3.8, 4) is 0 Å². The number of hydrogen-bond donors (Lipinski definition) is 0. The quantitative estimate of drug-likeness (QED) is 0.578. The van der Waals surface area contributed by atoms with Gasteiger partial charge in [0.2, 0.25) is 0 Å². The molecule has 3 heteroatoms. The Balaban J connectivity index is 1.21. The van der Waals surface area contributed by atoms with Crippen molar-refractivity contribution in [3.63, 3.8) is 0 Å². The van der Waals surface area contributed by atoms with Crippen LogP contribution in [0.4, 0.5) is 0 Å². The Morgan fingerprint density at radius 2 is 1.96 bits per heavy atom. The first-order chi connectivity index (χ1) is 11.2. The van der Waals surface area contributed by atoms with Crippen LogP contribution in [0.15, 0.2) is 12.2 Å². The highest BCUT2D eigenvalue weighted by Gasteiger charge is 2.67. The average Bonchev–Trinajstić information content (AvgIpc) is 3.35. The van der Waals surface area contributed by atoms with Gasteiger partial charge in [-0.25, -0.2) is 0 Å². The fraction of sp³-hybridized carbons (Fsp3) is 0.850. The van der Waals surface area contributed by atoms with Gasteiger partial charge in [0.15, 0.2) is 0 Å². The molecule has 124 valence electrons. The standard InChI is InChI=1S/C20H26O3/c21-19(14-8-11-3-4-12(14)7-11)22-17-13-9-15-16(10-13)20(23-18(15)17)5-1-2-6-20/h3-4,11-18H,1-2,5-10H2. The van der Waals surface area contributed by atoms with E-state index in [2.05, 4.69) is 12.2 Å². The summed E-state index contributed by atoms with van der Waals surface area (Å²) >= 11 is 0. The molecule has 0 aromatic heterocycles. The monoisotopic (exact) mass is 314 g/mol. The van der Waals surface area contributed by atoms with E-state index in [0.717, 1.165) is 12.3 Å². The second-order valence-electron chi connectivity index (χ2n) is 9.14. The van der Waals surface area contributed by atoms with Gasteiger partial charge >= 0.3 is 5.97 Å². The van der Waals surface area contributed by atoms with Crippen molar-refractivity contribution >= 4 is 5.97 Å². The van der Waals surface area contributed by atoms with Crippen LogP contribution in [-0.4, -0.2) is 23.8 Å². The Kier molecular flexibility index (Phi) is 2.58. The highest BCUT2D eigenvalue weighted by Crippen LogP contribution is 2.64. The minimum absolute atomic E-state index is 0.0619. The number of carbonyl (C=O) groups is 1. The van der Waals surface area contributed by atoms with Gasteiger partial charge in [0.25, 0.3) is 0 Å². The molecule has 0 radical (unpaired) electrons. The average molecular weight is 314 g/mol. The van der Waals surface area contributed by atoms with E-state index in [4.69, 9.17) is 9.47 Å². The number of allylic oxidation sites excluding steroid dienone is 2. The van der Waals surface area contributed by atoms with E-state index in [9.17, 15) is 4.79 Å². The molecule has 0 N–H and O–H groups in total. The van der Waals surface area contributed by atoms with Crippen molar-refractivity contribution in [2.24, 2.45) is 35.5 Å². The summed E-state index contributed by atoms with van der Waals surface area (Å²) in [6.45, 7) is 0. The van der Waals surface area contributed by atoms with Crippen LogP contribution in [0.25, 0.3) is 0 Å². The van der Waals surface area contributed by atoms with Crippen LogP contribution < -0.4 is 0 Å². The minimum atomic E-state index is 0.0619. The van der Waals surface area contributed by atoms with Gasteiger partial charge in [-0.3, -0.25) is 4.79 Å². The van der Waals surface area contributed by atoms with Gasteiger partial charge in [-0.05, 0) is 68.1 Å². The molecule has 5 aliphatic carbocycles. The molecule has 0 aromatic carbocycles. The van der Waals surface area contributed by atoms with Gasteiger partial charge in [-0.15, -0.1) is 0 Å². The normalized spacial score (nSPS) is 53.7. The maximum absolute atomic E-state index is 12.7. The number of hydrogen-bond acceptors (Lipinski definition) is 3. The molecule has 4 bridgehead atoms. The summed E-state index contributed by atoms with van der Waals surface area (Å²) < 4.78 is 12.8. The summed E-state index contributed by atoms with van der Waals surface area (Å²) in [5.41, 5.74) is 0.167. The lowest BCUT2D eigenvalue weighted by Gasteiger charge is -2.29. The molecule has 8 unspecified atom stereocenters. The Labute approximate surface area is 137 Å². The maximum Gasteiger partial charge on any atom is 0.309 e. The molecular formula is C20H26O3. The van der Waals surface area contributed by atoms with Crippen LogP contribution in [0.1, 0.15) is 51.4 Å². The molecule has 1 aliphatic heterocycles. The molecule has 23 heavy (non-hydrogen) atoms. The zero-order valence-electron chi connectivity index (χ0n) is 13.7. The second kappa shape index (κ2) is 4.41. The minimum Gasteiger partial charge on any atom is -0.459 e. The van der Waals surface area contributed by atoms with Crippen molar-refractivity contribution in [3.05, 3.63) is 12.2 Å². The van der Waals surface area contributed by atoms with Crippen LogP contribution in [0.3, 0.4) is 0 Å². The Morgan fingerprint density at radius 3 is 2.70 bits per heavy atom. The van der Waals surface area contributed by atoms with Crippen LogP contribution >= 0.6 is 0 Å². The first kappa shape index (κ1) is 13.5. The smallest absolute Gasteiger partial charge is 0.309 e. The molecule has 4 saturated carbocycles. The van der Waals surface area contributed by atoms with Crippen molar-refractivity contribution in [1.29, 1.82) is 0 Å². The van der Waals surface area contributed by atoms with Crippen molar-refractivity contribution < 1.29 is 14.3 Å². The molecule has 6 rings (SSSR count). The summed E-state index contributed by atoms with van der Waals surface area (Å²) in [5.74, 6) is 3.30. The van der Waals surface area contributed by atoms with Crippen LogP contribution in [-0.2, 0) is 14.3 Å². The molecule has 0 aromatic rings. The lowest BCUT2D eigenvalue weighted by molar-refractivity contribution is -0.166. The lowest BCUT2D eigenvalue weighted by Crippen LogP contribution is -2.38. The number of fused-ring (bicyclic) bond motifs is 4. The van der Waals surface area contributed by atoms with E-state index in [1.54, 1.807) is 0 Å². The van der Waals surface area contributed by atoms with E-state index in [1.807, 2.05) is 0 Å². The first-order valence-electron chi connectivity index (χ1n) is 9.80. The van der Waals surface area contributed by atoms with E-state index >= 15 is 0 Å². The summed E-state index contributed by atoms with van der Waals surface area (Å²) in [7, 11) is 0. The summed E-state index contributed by atoms with van der Waals surface area (Å²) in [5, 5.41) is 0. The van der Waals surface area contributed by atoms with Gasteiger partial charge in [0.05, 0.1) is 17.6 Å². The number of esters is 1. The zero-order valence-corrected chi connectivity index (χ0v) is 13.7. The molecule has 5 fully saturated rings. The van der Waals surface area contributed by atoms with Crippen molar-refractivity contribution in [2.75, 3.05) is 0 Å². The number of rotatable bonds is 2. The van der Waals surface area contributed by atoms with E-state index < -0.39 is 0 Å². The van der Waals surface area contributed by atoms with E-state index in [0.29, 0.717) is 23.7 Å². The third-order valence-electron chi connectivity index (χ3n) is 8.19. The van der Waals surface area contributed by atoms with E-state index in [1.165, 1.54) is 44.9 Å². The largest absolute Gasteiger partial charge is 0.459 e. The van der Waals surface area contributed by atoms with Gasteiger partial charge in [0, 0.05) is 0 Å². The molecule has 6 aliphatic rings. The van der Waals surface area contributed by atoms with Crippen molar-refractivity contribution in [1.82, 2.24) is 0 Å². The highest BCUT2D eigenvalue weighted by molar-refractivity contribution is 5.74. The number of carbonyl (C=O) groups excluding carboxylic acids is 1. The molecule has 1 saturated heterocycles. The van der Waals surface area contributed by atoms with Gasteiger partial charge < -0.3 is 9.47 Å². The van der Waals surface area contributed by atoms with Gasteiger partial charge in [-0.2, -0.15) is 0 Å². The second-order valence-corrected chi connectivity index (χ2v) is 9.14. The summed E-state index contributed by atoms with van der Waals surface area (Å²) in [6, 6.07) is 0. The first-order valence-corrected chi connectivity index (χ1v) is 9.80. The molecular weight excluding hydrogens is 288 g/mol. The molecule has 8 atom stereocenters. The van der Waals surface area contributed by atoms with Crippen LogP contribution in [0.5, 0.6) is 0 Å². The van der Waals surface area contributed by atoms with E-state index in [-0.39, 0.29) is 29.7 Å². The van der Waals surface area contributed by atoms with Crippen LogP contribution in [0.2, 0.25) is 0 Å². The predicted molar refractivity (Wildman–Crippen MR) is 84.5 cm³/mol. The van der Waals surface area contributed by atoms with Gasteiger partial charge in [0.1, 0.15) is 6.10 Å². The summed E-state index contributed by atoms with van der Waals surface area (Å²) in [4.78, 5) is 12.7. The zero-order chi connectivity index (χ0) is 15.2. The van der Waals surface area contributed by atoms with Gasteiger partial charge in [-0.1, -0.05) is 25.0 Å². The SMILES string of the molecule is O=C(OC1C2CC3C1OC1(CCCC1)C3C2)C1CC2C=CC1C2. The molecule has 0 amide bonds. The number of ether oxygens (including phenoxy) is 2. The third kappa shape index (κ3) is 1.67.